The summed E-state index contributed by atoms with van der Waals surface area (Å²) in [4.78, 5) is 11.8. The van der Waals surface area contributed by atoms with Crippen molar-refractivity contribution in [3.63, 3.8) is 0 Å². The van der Waals surface area contributed by atoms with E-state index in [1.807, 2.05) is 0 Å². The van der Waals surface area contributed by atoms with Gasteiger partial charge in [0.15, 0.2) is 23.3 Å². The van der Waals surface area contributed by atoms with E-state index in [4.69, 9.17) is 4.74 Å². The molecule has 2 rings (SSSR count). The van der Waals surface area contributed by atoms with Crippen LogP contribution in [0.4, 0.5) is 27.6 Å². The summed E-state index contributed by atoms with van der Waals surface area (Å²) in [6.45, 7) is 0.301. The molecule has 0 aliphatic carbocycles. The Hall–Kier alpha value is -1.70. The Balaban J connectivity index is 2.25. The summed E-state index contributed by atoms with van der Waals surface area (Å²) in [7, 11) is 0. The van der Waals surface area contributed by atoms with Crippen LogP contribution in [0.5, 0.6) is 0 Å². The van der Waals surface area contributed by atoms with E-state index in [1.54, 1.807) is 5.32 Å². The third-order valence-corrected chi connectivity index (χ3v) is 3.18. The number of benzene rings is 1. The molecule has 0 bridgehead atoms. The third-order valence-electron chi connectivity index (χ3n) is 3.18. The minimum atomic E-state index is -2.27. The maximum atomic E-state index is 13.4. The minimum Gasteiger partial charge on any atom is -0.368 e. The molecule has 1 heterocycles. The van der Waals surface area contributed by atoms with E-state index in [1.165, 1.54) is 0 Å². The monoisotopic (exact) mass is 309 g/mol. The predicted octanol–water partition coefficient (Wildman–Crippen LogP) is 3.28. The fourth-order valence-corrected chi connectivity index (χ4v) is 2.04. The molecule has 0 radical (unpaired) electrons. The van der Waals surface area contributed by atoms with E-state index in [2.05, 4.69) is 0 Å². The lowest BCUT2D eigenvalue weighted by Gasteiger charge is -2.16. The number of ether oxygens (including phenoxy) is 1. The number of hydrogen-bond acceptors (Lipinski definition) is 2. The molecule has 0 saturated carbocycles. The van der Waals surface area contributed by atoms with Crippen LogP contribution < -0.4 is 5.32 Å². The quantitative estimate of drug-likeness (QED) is 0.517. The largest absolute Gasteiger partial charge is 0.368 e. The predicted molar refractivity (Wildman–Crippen MR) is 63.1 cm³/mol. The Labute approximate surface area is 117 Å². The van der Waals surface area contributed by atoms with Crippen molar-refractivity contribution in [2.24, 2.45) is 0 Å². The summed E-state index contributed by atoms with van der Waals surface area (Å²) in [6.07, 6.45) is 1.61. The van der Waals surface area contributed by atoms with Crippen LogP contribution in [0, 0.1) is 29.1 Å². The molecule has 1 atom stereocenters. The van der Waals surface area contributed by atoms with Crippen molar-refractivity contribution < 1.29 is 31.5 Å². The Morgan fingerprint density at radius 2 is 1.48 bits per heavy atom. The number of anilines is 1. The van der Waals surface area contributed by atoms with Gasteiger partial charge in [-0.15, -0.1) is 0 Å². The molecule has 1 unspecified atom stereocenters. The molecule has 1 aromatic carbocycles. The maximum absolute atomic E-state index is 13.4. The van der Waals surface area contributed by atoms with Crippen molar-refractivity contribution in [2.75, 3.05) is 11.9 Å². The van der Waals surface area contributed by atoms with Crippen molar-refractivity contribution in [3.05, 3.63) is 29.1 Å². The van der Waals surface area contributed by atoms with Gasteiger partial charge in [-0.1, -0.05) is 12.8 Å². The lowest BCUT2D eigenvalue weighted by Crippen LogP contribution is -2.31. The van der Waals surface area contributed by atoms with Crippen LogP contribution in [0.1, 0.15) is 25.7 Å². The highest BCUT2D eigenvalue weighted by molar-refractivity contribution is 5.94. The van der Waals surface area contributed by atoms with E-state index in [0.717, 1.165) is 12.8 Å². The average Bonchev–Trinajstić information content (AvgIpc) is 2.76. The number of nitrogens with one attached hydrogen (secondary N) is 1. The molecule has 1 amide bonds. The normalized spacial score (nSPS) is 19.2. The number of halogens is 5. The van der Waals surface area contributed by atoms with Gasteiger partial charge >= 0.3 is 0 Å². The molecule has 8 heteroatoms. The smallest absolute Gasteiger partial charge is 0.253 e. The molecule has 0 aromatic heterocycles. The molecule has 1 aromatic rings. The molecule has 21 heavy (non-hydrogen) atoms. The summed E-state index contributed by atoms with van der Waals surface area (Å²) in [5, 5.41) is 1.72. The molecule has 1 N–H and O–H groups in total. The van der Waals surface area contributed by atoms with Crippen LogP contribution in [0.15, 0.2) is 0 Å². The van der Waals surface area contributed by atoms with Crippen molar-refractivity contribution in [2.45, 2.75) is 31.8 Å². The first-order chi connectivity index (χ1) is 9.93. The fourth-order valence-electron chi connectivity index (χ4n) is 2.04. The highest BCUT2D eigenvalue weighted by Gasteiger charge is 2.29. The lowest BCUT2D eigenvalue weighted by molar-refractivity contribution is -0.127. The van der Waals surface area contributed by atoms with E-state index in [9.17, 15) is 26.7 Å². The first-order valence-electron chi connectivity index (χ1n) is 6.37. The molecule has 0 spiro atoms. The van der Waals surface area contributed by atoms with Crippen LogP contribution >= 0.6 is 0 Å². The van der Waals surface area contributed by atoms with Crippen LogP contribution in [0.2, 0.25) is 0 Å². The van der Waals surface area contributed by atoms with E-state index >= 15 is 0 Å². The number of hydrogen-bond donors (Lipinski definition) is 1. The van der Waals surface area contributed by atoms with Gasteiger partial charge in [-0.25, -0.2) is 22.0 Å². The Morgan fingerprint density at radius 3 is 2.10 bits per heavy atom. The first-order valence-corrected chi connectivity index (χ1v) is 6.37. The Morgan fingerprint density at radius 1 is 0.905 bits per heavy atom. The molecule has 1 fully saturated rings. The second-order valence-electron chi connectivity index (χ2n) is 4.64. The molecule has 1 saturated heterocycles. The Bertz CT molecular complexity index is 527. The standard InChI is InChI=1S/C13H12F5NO2/c14-7-8(15)10(17)12(11(18)9(7)16)19-13(20)6-4-2-1-3-5-21-6/h6H,1-5H2,(H,19,20). The number of carbonyl (C=O) groups is 1. The molecule has 1 aliphatic rings. The fraction of sp³-hybridized carbons (Fsp3) is 0.462. The first kappa shape index (κ1) is 15.7. The van der Waals surface area contributed by atoms with Crippen molar-refractivity contribution in [1.29, 1.82) is 0 Å². The van der Waals surface area contributed by atoms with Crippen LogP contribution in [0.25, 0.3) is 0 Å². The molecular weight excluding hydrogens is 297 g/mol. The number of carbonyl (C=O) groups excluding carboxylic acids is 1. The summed E-state index contributed by atoms with van der Waals surface area (Å²) in [6, 6.07) is 0. The van der Waals surface area contributed by atoms with Crippen LogP contribution in [-0.4, -0.2) is 18.6 Å². The van der Waals surface area contributed by atoms with Gasteiger partial charge in [0, 0.05) is 6.61 Å². The number of rotatable bonds is 2. The van der Waals surface area contributed by atoms with Gasteiger partial charge in [0.05, 0.1) is 0 Å². The molecule has 3 nitrogen and oxygen atoms in total. The highest BCUT2D eigenvalue weighted by Crippen LogP contribution is 2.27. The summed E-state index contributed by atoms with van der Waals surface area (Å²) in [5.41, 5.74) is -1.36. The molecule has 116 valence electrons. The second kappa shape index (κ2) is 6.38. The minimum absolute atomic E-state index is 0.301. The zero-order valence-corrected chi connectivity index (χ0v) is 10.8. The van der Waals surface area contributed by atoms with Crippen molar-refractivity contribution in [1.82, 2.24) is 0 Å². The average molecular weight is 309 g/mol. The molecular formula is C13H12F5NO2. The van der Waals surface area contributed by atoms with Crippen LogP contribution in [-0.2, 0) is 9.53 Å². The summed E-state index contributed by atoms with van der Waals surface area (Å²) in [5.74, 6) is -11.6. The SMILES string of the molecule is O=C(Nc1c(F)c(F)c(F)c(F)c1F)C1CCCCCO1. The molecule has 1 aliphatic heterocycles. The van der Waals surface area contributed by atoms with Crippen molar-refractivity contribution >= 4 is 11.6 Å². The van der Waals surface area contributed by atoms with E-state index < -0.39 is 46.8 Å². The van der Waals surface area contributed by atoms with Gasteiger partial charge in [-0.05, 0) is 12.8 Å². The van der Waals surface area contributed by atoms with Gasteiger partial charge in [0.1, 0.15) is 11.8 Å². The van der Waals surface area contributed by atoms with Crippen LogP contribution in [0.3, 0.4) is 0 Å². The maximum Gasteiger partial charge on any atom is 0.253 e. The van der Waals surface area contributed by atoms with E-state index in [0.29, 0.717) is 19.4 Å². The van der Waals surface area contributed by atoms with Gasteiger partial charge in [0.2, 0.25) is 5.82 Å². The zero-order chi connectivity index (χ0) is 15.6. The number of amides is 1. The topological polar surface area (TPSA) is 38.3 Å². The lowest BCUT2D eigenvalue weighted by atomic mass is 10.1. The zero-order valence-electron chi connectivity index (χ0n) is 10.8. The second-order valence-corrected chi connectivity index (χ2v) is 4.64. The van der Waals surface area contributed by atoms with E-state index in [-0.39, 0.29) is 0 Å². The van der Waals surface area contributed by atoms with Gasteiger partial charge < -0.3 is 10.1 Å². The Kier molecular flexibility index (Phi) is 4.76. The summed E-state index contributed by atoms with van der Waals surface area (Å²) < 4.78 is 71.0. The third kappa shape index (κ3) is 3.15. The summed E-state index contributed by atoms with van der Waals surface area (Å²) >= 11 is 0. The highest BCUT2D eigenvalue weighted by atomic mass is 19.2. The van der Waals surface area contributed by atoms with Gasteiger partial charge in [-0.3, -0.25) is 4.79 Å². The van der Waals surface area contributed by atoms with Crippen molar-refractivity contribution in [3.8, 4) is 0 Å². The van der Waals surface area contributed by atoms with Gasteiger partial charge in [-0.2, -0.15) is 0 Å². The van der Waals surface area contributed by atoms with Gasteiger partial charge in [0.25, 0.3) is 5.91 Å².